The third-order valence-corrected chi connectivity index (χ3v) is 3.00. The molecule has 0 bridgehead atoms. The normalized spacial score (nSPS) is 13.6. The van der Waals surface area contributed by atoms with Gasteiger partial charge in [-0.05, 0) is 32.4 Å². The number of nitrogens with two attached hydrogens (primary N) is 1. The quantitative estimate of drug-likeness (QED) is 0.666. The molecule has 4 N–H and O–H groups in total. The number of amides is 1. The minimum absolute atomic E-state index is 0.194. The van der Waals surface area contributed by atoms with Gasteiger partial charge in [0.15, 0.2) is 5.75 Å². The molecule has 0 aliphatic carbocycles. The molecule has 112 valence electrons. The summed E-state index contributed by atoms with van der Waals surface area (Å²) in [5.41, 5.74) is 5.73. The summed E-state index contributed by atoms with van der Waals surface area (Å²) in [5.74, 6) is 0.0970. The number of hydrogen-bond acceptors (Lipinski definition) is 4. The highest BCUT2D eigenvalue weighted by molar-refractivity contribution is 5.98. The van der Waals surface area contributed by atoms with Gasteiger partial charge in [0.05, 0.1) is 23.5 Å². The number of anilines is 1. The second-order valence-electron chi connectivity index (χ2n) is 5.09. The van der Waals surface area contributed by atoms with Crippen molar-refractivity contribution < 1.29 is 14.6 Å². The Hall–Kier alpha value is -1.75. The molecule has 5 heteroatoms. The first-order valence-corrected chi connectivity index (χ1v) is 6.93. The Balaban J connectivity index is 2.80. The highest BCUT2D eigenvalue weighted by atomic mass is 16.5. The maximum absolute atomic E-state index is 12.2. The monoisotopic (exact) mass is 280 g/mol. The topological polar surface area (TPSA) is 84.6 Å². The lowest BCUT2D eigenvalue weighted by atomic mass is 10.0. The van der Waals surface area contributed by atoms with Gasteiger partial charge in [0.2, 0.25) is 0 Å². The number of para-hydroxylation sites is 1. The number of carbonyl (C=O) groups is 1. The van der Waals surface area contributed by atoms with Crippen LogP contribution in [0, 0.1) is 0 Å². The Bertz CT molecular complexity index is 458. The smallest absolute Gasteiger partial charge is 0.255 e. The number of hydrogen-bond donors (Lipinski definition) is 3. The van der Waals surface area contributed by atoms with Crippen molar-refractivity contribution in [2.24, 2.45) is 0 Å². The number of benzene rings is 1. The molecule has 0 heterocycles. The molecule has 0 aliphatic rings. The lowest BCUT2D eigenvalue weighted by Crippen LogP contribution is -2.40. The van der Waals surface area contributed by atoms with Gasteiger partial charge in [0.25, 0.3) is 5.91 Å². The SMILES string of the molecule is CCCC(C)(O)CNC(=O)c1cccc(N)c1OCC. The van der Waals surface area contributed by atoms with Crippen molar-refractivity contribution >= 4 is 11.6 Å². The van der Waals surface area contributed by atoms with Crippen molar-refractivity contribution in [3.05, 3.63) is 23.8 Å². The second kappa shape index (κ2) is 7.14. The molecule has 20 heavy (non-hydrogen) atoms. The van der Waals surface area contributed by atoms with Gasteiger partial charge >= 0.3 is 0 Å². The van der Waals surface area contributed by atoms with Crippen molar-refractivity contribution in [1.82, 2.24) is 5.32 Å². The summed E-state index contributed by atoms with van der Waals surface area (Å²) in [6.07, 6.45) is 1.48. The van der Waals surface area contributed by atoms with Gasteiger partial charge in [-0.1, -0.05) is 19.4 Å². The Morgan fingerprint density at radius 1 is 1.45 bits per heavy atom. The summed E-state index contributed by atoms with van der Waals surface area (Å²) in [6.45, 7) is 6.16. The predicted molar refractivity (Wildman–Crippen MR) is 79.9 cm³/mol. The molecule has 0 radical (unpaired) electrons. The maximum atomic E-state index is 12.2. The number of rotatable bonds is 7. The van der Waals surface area contributed by atoms with Gasteiger partial charge in [-0.3, -0.25) is 4.79 Å². The summed E-state index contributed by atoms with van der Waals surface area (Å²) >= 11 is 0. The summed E-state index contributed by atoms with van der Waals surface area (Å²) in [7, 11) is 0. The molecule has 0 aromatic heterocycles. The van der Waals surface area contributed by atoms with E-state index >= 15 is 0 Å². The van der Waals surface area contributed by atoms with Gasteiger partial charge in [0, 0.05) is 6.54 Å². The molecule has 1 aromatic carbocycles. The number of aliphatic hydroxyl groups is 1. The minimum atomic E-state index is -0.906. The van der Waals surface area contributed by atoms with E-state index in [1.807, 2.05) is 13.8 Å². The summed E-state index contributed by atoms with van der Waals surface area (Å²) in [6, 6.07) is 5.05. The van der Waals surface area contributed by atoms with Crippen molar-refractivity contribution in [3.8, 4) is 5.75 Å². The number of carbonyl (C=O) groups excluding carboxylic acids is 1. The molecule has 0 saturated heterocycles. The molecule has 0 aliphatic heterocycles. The first kappa shape index (κ1) is 16.3. The van der Waals surface area contributed by atoms with E-state index in [1.165, 1.54) is 0 Å². The lowest BCUT2D eigenvalue weighted by Gasteiger charge is -2.23. The van der Waals surface area contributed by atoms with Crippen LogP contribution in [0.15, 0.2) is 18.2 Å². The summed E-state index contributed by atoms with van der Waals surface area (Å²) in [5, 5.41) is 12.8. The molecule has 0 fully saturated rings. The van der Waals surface area contributed by atoms with Gasteiger partial charge in [-0.15, -0.1) is 0 Å². The molecule has 1 aromatic rings. The molecule has 1 atom stereocenters. The van der Waals surface area contributed by atoms with Crippen LogP contribution >= 0.6 is 0 Å². The molecule has 0 saturated carbocycles. The lowest BCUT2D eigenvalue weighted by molar-refractivity contribution is 0.0469. The highest BCUT2D eigenvalue weighted by Gasteiger charge is 2.22. The first-order valence-electron chi connectivity index (χ1n) is 6.93. The van der Waals surface area contributed by atoms with Crippen LogP contribution in [-0.4, -0.2) is 29.8 Å². The van der Waals surface area contributed by atoms with E-state index in [2.05, 4.69) is 5.32 Å². The zero-order valence-corrected chi connectivity index (χ0v) is 12.4. The average Bonchev–Trinajstić information content (AvgIpc) is 2.38. The van der Waals surface area contributed by atoms with E-state index in [1.54, 1.807) is 25.1 Å². The van der Waals surface area contributed by atoms with E-state index in [0.717, 1.165) is 6.42 Å². The van der Waals surface area contributed by atoms with E-state index in [-0.39, 0.29) is 12.5 Å². The van der Waals surface area contributed by atoms with E-state index in [9.17, 15) is 9.90 Å². The zero-order valence-electron chi connectivity index (χ0n) is 12.4. The van der Waals surface area contributed by atoms with Crippen molar-refractivity contribution in [2.75, 3.05) is 18.9 Å². The predicted octanol–water partition coefficient (Wildman–Crippen LogP) is 1.95. The van der Waals surface area contributed by atoms with Crippen LogP contribution in [0.2, 0.25) is 0 Å². The molecular formula is C15H24N2O3. The Morgan fingerprint density at radius 2 is 2.15 bits per heavy atom. The Kier molecular flexibility index (Phi) is 5.82. The Morgan fingerprint density at radius 3 is 2.75 bits per heavy atom. The third kappa shape index (κ3) is 4.42. The fourth-order valence-electron chi connectivity index (χ4n) is 2.03. The van der Waals surface area contributed by atoms with E-state index in [4.69, 9.17) is 10.5 Å². The van der Waals surface area contributed by atoms with Crippen LogP contribution in [0.3, 0.4) is 0 Å². The minimum Gasteiger partial charge on any atom is -0.491 e. The number of nitrogens with one attached hydrogen (secondary N) is 1. The van der Waals surface area contributed by atoms with Gasteiger partial charge in [0.1, 0.15) is 0 Å². The van der Waals surface area contributed by atoms with E-state index < -0.39 is 5.60 Å². The van der Waals surface area contributed by atoms with Crippen LogP contribution in [0.1, 0.15) is 44.0 Å². The maximum Gasteiger partial charge on any atom is 0.255 e. The largest absolute Gasteiger partial charge is 0.491 e. The van der Waals surface area contributed by atoms with E-state index in [0.29, 0.717) is 30.0 Å². The van der Waals surface area contributed by atoms with Crippen molar-refractivity contribution in [3.63, 3.8) is 0 Å². The van der Waals surface area contributed by atoms with Crippen LogP contribution in [0.5, 0.6) is 5.75 Å². The van der Waals surface area contributed by atoms with Gasteiger partial charge < -0.3 is 20.9 Å². The molecular weight excluding hydrogens is 256 g/mol. The fraction of sp³-hybridized carbons (Fsp3) is 0.533. The average molecular weight is 280 g/mol. The summed E-state index contributed by atoms with van der Waals surface area (Å²) < 4.78 is 5.42. The molecule has 1 unspecified atom stereocenters. The van der Waals surface area contributed by atoms with Gasteiger partial charge in [-0.2, -0.15) is 0 Å². The van der Waals surface area contributed by atoms with Gasteiger partial charge in [-0.25, -0.2) is 0 Å². The Labute approximate surface area is 120 Å². The van der Waals surface area contributed by atoms with Crippen LogP contribution in [-0.2, 0) is 0 Å². The number of nitrogen functional groups attached to an aromatic ring is 1. The third-order valence-electron chi connectivity index (χ3n) is 3.00. The second-order valence-corrected chi connectivity index (χ2v) is 5.09. The highest BCUT2D eigenvalue weighted by Crippen LogP contribution is 2.26. The van der Waals surface area contributed by atoms with Crippen molar-refractivity contribution in [1.29, 1.82) is 0 Å². The summed E-state index contributed by atoms with van der Waals surface area (Å²) in [4.78, 5) is 12.2. The van der Waals surface area contributed by atoms with Crippen molar-refractivity contribution in [2.45, 2.75) is 39.2 Å². The molecule has 1 amide bonds. The zero-order chi connectivity index (χ0) is 15.2. The fourth-order valence-corrected chi connectivity index (χ4v) is 2.03. The van der Waals surface area contributed by atoms with Crippen LogP contribution < -0.4 is 15.8 Å². The molecule has 5 nitrogen and oxygen atoms in total. The number of ether oxygens (including phenoxy) is 1. The standard InChI is InChI=1S/C15H24N2O3/c1-4-9-15(3,19)10-17-14(18)11-7-6-8-12(16)13(11)20-5-2/h6-8,19H,4-5,9-10,16H2,1-3H3,(H,17,18). The first-order chi connectivity index (χ1) is 9.41. The molecule has 1 rings (SSSR count). The molecule has 0 spiro atoms. The van der Waals surface area contributed by atoms with Crippen LogP contribution in [0.25, 0.3) is 0 Å². The van der Waals surface area contributed by atoms with Crippen LogP contribution in [0.4, 0.5) is 5.69 Å².